The molecule has 1 N–H and O–H groups in total. The van der Waals surface area contributed by atoms with Crippen molar-refractivity contribution in [1.29, 1.82) is 0 Å². The van der Waals surface area contributed by atoms with Gasteiger partial charge in [0.05, 0.1) is 27.8 Å². The van der Waals surface area contributed by atoms with Crippen LogP contribution >= 0.6 is 0 Å². The minimum absolute atomic E-state index is 0. The monoisotopic (exact) mass is 1010 g/mol. The number of aromatic nitrogens is 3. The van der Waals surface area contributed by atoms with Gasteiger partial charge >= 0.3 is 0 Å². The molecule has 8 aromatic rings. The van der Waals surface area contributed by atoms with Crippen molar-refractivity contribution in [2.24, 2.45) is 0 Å². The Labute approximate surface area is 416 Å². The topological polar surface area (TPSA) is 50.9 Å². The molecule has 0 aliphatic heterocycles. The zero-order valence-corrected chi connectivity index (χ0v) is 35.3. The van der Waals surface area contributed by atoms with Crippen LogP contribution in [0, 0.1) is 19.8 Å². The number of pyridine rings is 1. The summed E-state index contributed by atoms with van der Waals surface area (Å²) in [5.41, 5.74) is -12.4. The Hall–Kier alpha value is -5.57. The van der Waals surface area contributed by atoms with Crippen molar-refractivity contribution in [3.8, 4) is 67.5 Å². The average molecular weight is 1010 g/mol. The van der Waals surface area contributed by atoms with Crippen LogP contribution in [0.3, 0.4) is 0 Å². The Kier molecular flexibility index (Phi) is 5.51. The molecule has 0 bridgehead atoms. The number of hydrogen-bond donors (Lipinski definition) is 1. The largest absolute Gasteiger partial charge is 0.507 e. The second-order valence-corrected chi connectivity index (χ2v) is 15.6. The fourth-order valence-electron chi connectivity index (χ4n) is 7.10. The van der Waals surface area contributed by atoms with E-state index >= 15 is 0 Å². The number of para-hydroxylation sites is 1. The van der Waals surface area contributed by atoms with E-state index in [9.17, 15) is 5.11 Å². The Morgan fingerprint density at radius 1 is 0.623 bits per heavy atom. The number of aryl methyl sites for hydroxylation is 1. The van der Waals surface area contributed by atoms with Crippen LogP contribution in [0.2, 0.25) is 0 Å². The summed E-state index contributed by atoms with van der Waals surface area (Å²) >= 11 is 0. The third-order valence-corrected chi connectivity index (χ3v) is 10.2. The van der Waals surface area contributed by atoms with Gasteiger partial charge in [0.2, 0.25) is 0 Å². The molecule has 0 spiro atoms. The molecule has 6 aromatic carbocycles. The van der Waals surface area contributed by atoms with Gasteiger partial charge in [-0.2, -0.15) is 0 Å². The molecule has 312 valence electrons. The number of phenolic OH excluding ortho intramolecular Hbond substituents is 1. The van der Waals surface area contributed by atoms with Crippen LogP contribution in [-0.2, 0) is 37.3 Å². The molecule has 0 atom stereocenters. The van der Waals surface area contributed by atoms with Gasteiger partial charge in [-0.1, -0.05) is 169 Å². The number of rotatable bonds is 6. The van der Waals surface area contributed by atoms with Crippen molar-refractivity contribution in [1.82, 2.24) is 14.5 Å². The zero-order chi connectivity index (χ0) is 66.2. The van der Waals surface area contributed by atoms with Gasteiger partial charge in [-0.15, -0.1) is 29.3 Å². The van der Waals surface area contributed by atoms with E-state index in [1.807, 2.05) is 20.8 Å². The van der Waals surface area contributed by atoms with E-state index in [1.165, 1.54) is 53.2 Å². The standard InChI is InChI=1S/C56H56N3O.Pt/c1-35-20-23-37(24-21-35)39-26-27-57-48(32-39)41-29-40(30-42(31-41)54(3,4)5)44-18-15-19-50-51(44)58-53(46-33-43(55(6,7)8)34-47(52(46)60)56(9,10)11)59(50)49-25-22-36(2)28-45(49)38-16-13-12-14-17-38;/h12-28,30-34,60H,1-11H3;/q-1;/i1D3,2D3,6D3,7D3,8D3,9D3,10D3,11D3,20D,21D,23D,24D;. The minimum atomic E-state index is -4.27. The van der Waals surface area contributed by atoms with E-state index in [0.29, 0.717) is 17.2 Å². The molecule has 4 nitrogen and oxygen atoms in total. The molecule has 61 heavy (non-hydrogen) atoms. The van der Waals surface area contributed by atoms with Crippen LogP contribution < -0.4 is 0 Å². The second-order valence-electron chi connectivity index (χ2n) is 15.6. The van der Waals surface area contributed by atoms with Crippen LogP contribution in [0.15, 0.2) is 133 Å². The predicted molar refractivity (Wildman–Crippen MR) is 252 cm³/mol. The Morgan fingerprint density at radius 2 is 1.34 bits per heavy atom. The van der Waals surface area contributed by atoms with E-state index in [-0.39, 0.29) is 88.5 Å². The normalized spacial score (nSPS) is 20.5. The molecule has 5 heteroatoms. The first kappa shape index (κ1) is 20.5. The first-order valence-electron chi connectivity index (χ1n) is 32.7. The summed E-state index contributed by atoms with van der Waals surface area (Å²) < 4.78 is 242. The van der Waals surface area contributed by atoms with Crippen molar-refractivity contribution in [2.45, 2.75) is 91.8 Å². The predicted octanol–water partition coefficient (Wildman–Crippen LogP) is 14.8. The number of benzene rings is 6. The second kappa shape index (κ2) is 16.4. The summed E-state index contributed by atoms with van der Waals surface area (Å²) in [4.78, 5) is 9.61. The maximum absolute atomic E-state index is 13.0. The third kappa shape index (κ3) is 8.66. The van der Waals surface area contributed by atoms with E-state index < -0.39 is 129 Å². The van der Waals surface area contributed by atoms with Crippen LogP contribution in [0.25, 0.3) is 72.7 Å². The smallest absolute Gasteiger partial charge is 0.148 e. The van der Waals surface area contributed by atoms with E-state index in [1.54, 1.807) is 48.5 Å². The molecule has 0 fully saturated rings. The molecule has 0 saturated heterocycles. The van der Waals surface area contributed by atoms with Crippen LogP contribution in [0.4, 0.5) is 0 Å². The van der Waals surface area contributed by atoms with Gasteiger partial charge in [-0.25, -0.2) is 4.98 Å². The third-order valence-electron chi connectivity index (χ3n) is 10.2. The Bertz CT molecular complexity index is 3930. The average Bonchev–Trinajstić information content (AvgIpc) is 1.11. The molecular weight excluding hydrogens is 926 g/mol. The van der Waals surface area contributed by atoms with Gasteiger partial charge in [0.1, 0.15) is 11.6 Å². The molecule has 0 unspecified atom stereocenters. The number of imidazole rings is 1. The van der Waals surface area contributed by atoms with Crippen molar-refractivity contribution in [2.75, 3.05) is 0 Å². The molecule has 0 saturated carbocycles. The summed E-state index contributed by atoms with van der Waals surface area (Å²) in [5, 5.41) is 13.0. The summed E-state index contributed by atoms with van der Waals surface area (Å²) in [5.74, 6) is -2.18. The van der Waals surface area contributed by atoms with Gasteiger partial charge in [0.25, 0.3) is 0 Å². The Morgan fingerprint density at radius 3 is 2.05 bits per heavy atom. The van der Waals surface area contributed by atoms with E-state index in [4.69, 9.17) is 43.4 Å². The molecule has 0 aliphatic carbocycles. The van der Waals surface area contributed by atoms with E-state index in [0.717, 1.165) is 0 Å². The molecule has 0 amide bonds. The number of phenols is 1. The number of aromatic hydroxyl groups is 1. The maximum Gasteiger partial charge on any atom is 0.148 e. The first-order chi connectivity index (χ1) is 40.0. The van der Waals surface area contributed by atoms with Gasteiger partial charge in [0.15, 0.2) is 0 Å². The fraction of sp³-hybridized carbons (Fsp3) is 0.250. The molecule has 2 aromatic heterocycles. The maximum atomic E-state index is 13.0. The fourth-order valence-corrected chi connectivity index (χ4v) is 7.10. The van der Waals surface area contributed by atoms with Crippen molar-refractivity contribution in [3.05, 3.63) is 167 Å². The number of nitrogens with zero attached hydrogens (tertiary/aromatic N) is 3. The Balaban J connectivity index is 0.0000113. The van der Waals surface area contributed by atoms with Crippen LogP contribution in [0.1, 0.15) is 128 Å². The molecule has 0 radical (unpaired) electrons. The molecular formula is C56H56N3OPt-. The quantitative estimate of drug-likeness (QED) is 0.169. The van der Waals surface area contributed by atoms with Crippen molar-refractivity contribution >= 4 is 11.0 Å². The zero-order valence-electron chi connectivity index (χ0n) is 61.0. The summed E-state index contributed by atoms with van der Waals surface area (Å²) in [6.07, 6.45) is 1.33. The van der Waals surface area contributed by atoms with Gasteiger partial charge < -0.3 is 5.11 Å². The first-order valence-corrected chi connectivity index (χ1v) is 18.7. The summed E-state index contributed by atoms with van der Waals surface area (Å²) in [6.45, 7) is -25.3. The molecule has 2 heterocycles. The van der Waals surface area contributed by atoms with Crippen molar-refractivity contribution in [3.63, 3.8) is 0 Å². The molecule has 0 aliphatic rings. The summed E-state index contributed by atoms with van der Waals surface area (Å²) in [6, 6.07) is 24.1. The minimum Gasteiger partial charge on any atom is -0.507 e. The van der Waals surface area contributed by atoms with Crippen LogP contribution in [-0.4, -0.2) is 19.6 Å². The number of fused-ring (bicyclic) bond motifs is 1. The summed E-state index contributed by atoms with van der Waals surface area (Å²) in [7, 11) is 0. The SMILES string of the molecule is [2H]c1c([2H])c(C([2H])([2H])[2H])c([2H])c([2H])c1-c1ccnc(-c2[c-]c(-c3cccc4c3nc(-c3cc(C(C([2H])([2H])[2H])(C([2H])([2H])[2H])C([2H])([2H])[2H])cc(C(C([2H])([2H])[2H])(C([2H])([2H])[2H])C([2H])([2H])[2H])c3O)n4-c3ccc(C([2H])([2H])[2H])cc3-c3ccccc3)cc(C(C)(C)C)c2)c1.[Pt]. The van der Waals surface area contributed by atoms with Crippen LogP contribution in [0.5, 0.6) is 5.75 Å². The van der Waals surface area contributed by atoms with Gasteiger partial charge in [-0.05, 0) is 82.5 Å². The molecule has 8 rings (SSSR count). The van der Waals surface area contributed by atoms with Crippen molar-refractivity contribution < 1.29 is 64.6 Å². The van der Waals surface area contributed by atoms with E-state index in [2.05, 4.69) is 11.1 Å². The van der Waals surface area contributed by atoms with Gasteiger partial charge in [-0.3, -0.25) is 9.55 Å². The number of hydrogen-bond acceptors (Lipinski definition) is 3. The van der Waals surface area contributed by atoms with Gasteiger partial charge in [0, 0.05) is 77.0 Å².